The van der Waals surface area contributed by atoms with Gasteiger partial charge in [-0.25, -0.2) is 4.79 Å². The van der Waals surface area contributed by atoms with Crippen molar-refractivity contribution in [2.75, 3.05) is 0 Å². The molecule has 1 saturated carbocycles. The zero-order chi connectivity index (χ0) is 27.9. The predicted octanol–water partition coefficient (Wildman–Crippen LogP) is 5.97. The lowest BCUT2D eigenvalue weighted by molar-refractivity contribution is -0.146. The van der Waals surface area contributed by atoms with Gasteiger partial charge in [0.2, 0.25) is 11.8 Å². The Morgan fingerprint density at radius 2 is 1.59 bits per heavy atom. The van der Waals surface area contributed by atoms with Gasteiger partial charge in [0, 0.05) is 12.1 Å². The largest absolute Gasteiger partial charge is 0.444 e. The molecule has 1 fully saturated rings. The predicted molar refractivity (Wildman–Crippen MR) is 148 cm³/mol. The first-order valence-corrected chi connectivity index (χ1v) is 13.9. The van der Waals surface area contributed by atoms with Gasteiger partial charge in [0.15, 0.2) is 0 Å². The van der Waals surface area contributed by atoms with E-state index in [0.717, 1.165) is 42.4 Å². The third-order valence-corrected chi connectivity index (χ3v) is 7.22. The fraction of sp³-hybridized carbons (Fsp3) is 0.700. The van der Waals surface area contributed by atoms with Gasteiger partial charge < -0.3 is 20.3 Å². The highest BCUT2D eigenvalue weighted by Crippen LogP contribution is 2.32. The van der Waals surface area contributed by atoms with E-state index in [4.69, 9.17) is 4.74 Å². The highest BCUT2D eigenvalue weighted by Gasteiger charge is 2.41. The number of nitrogens with zero attached hydrogens (tertiary/aromatic N) is 1. The smallest absolute Gasteiger partial charge is 0.408 e. The van der Waals surface area contributed by atoms with Gasteiger partial charge in [-0.05, 0) is 83.4 Å². The number of rotatable bonds is 9. The molecule has 2 N–H and O–H groups in total. The minimum Gasteiger partial charge on any atom is -0.444 e. The van der Waals surface area contributed by atoms with E-state index in [1.54, 1.807) is 25.7 Å². The molecule has 3 unspecified atom stereocenters. The first-order chi connectivity index (χ1) is 17.3. The molecule has 7 nitrogen and oxygen atoms in total. The topological polar surface area (TPSA) is 87.7 Å². The second-order valence-electron chi connectivity index (χ2n) is 11.9. The fourth-order valence-electron chi connectivity index (χ4n) is 5.09. The van der Waals surface area contributed by atoms with Crippen molar-refractivity contribution in [3.8, 4) is 0 Å². The molecule has 1 aliphatic rings. The molecule has 0 saturated heterocycles. The Morgan fingerprint density at radius 3 is 2.08 bits per heavy atom. The van der Waals surface area contributed by atoms with Crippen LogP contribution in [-0.4, -0.2) is 46.5 Å². The Labute approximate surface area is 224 Å². The fourth-order valence-corrected chi connectivity index (χ4v) is 5.09. The molecule has 0 aromatic heterocycles. The maximum atomic E-state index is 14.3. The van der Waals surface area contributed by atoms with Crippen molar-refractivity contribution in [3.63, 3.8) is 0 Å². The number of hydrogen-bond donors (Lipinski definition) is 2. The summed E-state index contributed by atoms with van der Waals surface area (Å²) in [6, 6.07) is 4.20. The number of benzene rings is 1. The lowest BCUT2D eigenvalue weighted by atomic mass is 9.90. The Balaban J connectivity index is 2.55. The van der Waals surface area contributed by atoms with Crippen LogP contribution in [0.25, 0.3) is 0 Å². The SMILES string of the molecule is CCC(C)N(C(=O)C(NC(=O)OC(C)(C)C)C(C)C)C(C(=O)NC1CCCCC1)c1c(C)cccc1C. The van der Waals surface area contributed by atoms with Gasteiger partial charge in [0.1, 0.15) is 17.7 Å². The summed E-state index contributed by atoms with van der Waals surface area (Å²) in [4.78, 5) is 42.8. The average molecular weight is 516 g/mol. The summed E-state index contributed by atoms with van der Waals surface area (Å²) < 4.78 is 5.47. The van der Waals surface area contributed by atoms with E-state index in [2.05, 4.69) is 10.6 Å². The van der Waals surface area contributed by atoms with Gasteiger partial charge in [0.25, 0.3) is 0 Å². The molecule has 3 atom stereocenters. The molecule has 0 aliphatic heterocycles. The van der Waals surface area contributed by atoms with Crippen molar-refractivity contribution in [1.29, 1.82) is 0 Å². The van der Waals surface area contributed by atoms with Crippen LogP contribution in [0.15, 0.2) is 18.2 Å². The van der Waals surface area contributed by atoms with Gasteiger partial charge in [-0.15, -0.1) is 0 Å². The lowest BCUT2D eigenvalue weighted by Gasteiger charge is -2.40. The molecular formula is C30H49N3O4. The molecule has 1 aromatic carbocycles. The number of ether oxygens (including phenoxy) is 1. The first kappa shape index (κ1) is 30.7. The Bertz CT molecular complexity index is 911. The van der Waals surface area contributed by atoms with Crippen molar-refractivity contribution in [2.24, 2.45) is 5.92 Å². The number of nitrogens with one attached hydrogen (secondary N) is 2. The van der Waals surface area contributed by atoms with Crippen LogP contribution >= 0.6 is 0 Å². The molecule has 208 valence electrons. The van der Waals surface area contributed by atoms with E-state index in [1.807, 2.05) is 59.7 Å². The van der Waals surface area contributed by atoms with Gasteiger partial charge in [-0.2, -0.15) is 0 Å². The minimum absolute atomic E-state index is 0.114. The molecule has 0 heterocycles. The maximum absolute atomic E-state index is 14.3. The summed E-state index contributed by atoms with van der Waals surface area (Å²) in [5.74, 6) is -0.633. The van der Waals surface area contributed by atoms with E-state index >= 15 is 0 Å². The minimum atomic E-state index is -0.835. The van der Waals surface area contributed by atoms with Crippen LogP contribution in [0, 0.1) is 19.8 Å². The molecule has 2 rings (SSSR count). The van der Waals surface area contributed by atoms with Crippen LogP contribution < -0.4 is 10.6 Å². The van der Waals surface area contributed by atoms with Crippen LogP contribution in [0.5, 0.6) is 0 Å². The van der Waals surface area contributed by atoms with E-state index in [9.17, 15) is 14.4 Å². The van der Waals surface area contributed by atoms with Crippen molar-refractivity contribution < 1.29 is 19.1 Å². The monoisotopic (exact) mass is 515 g/mol. The molecule has 3 amide bonds. The van der Waals surface area contributed by atoms with Crippen molar-refractivity contribution in [2.45, 2.75) is 131 Å². The summed E-state index contributed by atoms with van der Waals surface area (Å²) in [6.45, 7) is 17.1. The van der Waals surface area contributed by atoms with E-state index in [0.29, 0.717) is 6.42 Å². The van der Waals surface area contributed by atoms with Crippen molar-refractivity contribution >= 4 is 17.9 Å². The van der Waals surface area contributed by atoms with E-state index in [-0.39, 0.29) is 29.8 Å². The molecule has 37 heavy (non-hydrogen) atoms. The number of alkyl carbamates (subject to hydrolysis) is 1. The van der Waals surface area contributed by atoms with E-state index < -0.39 is 23.8 Å². The average Bonchev–Trinajstić information content (AvgIpc) is 2.80. The Kier molecular flexibility index (Phi) is 11.0. The molecule has 0 bridgehead atoms. The van der Waals surface area contributed by atoms with Crippen LogP contribution in [0.3, 0.4) is 0 Å². The lowest BCUT2D eigenvalue weighted by Crippen LogP contribution is -2.57. The van der Waals surface area contributed by atoms with Crippen LogP contribution in [0.4, 0.5) is 4.79 Å². The second-order valence-corrected chi connectivity index (χ2v) is 11.9. The maximum Gasteiger partial charge on any atom is 0.408 e. The number of aryl methyl sites for hydroxylation is 2. The molecule has 1 aliphatic carbocycles. The number of carbonyl (C=O) groups excluding carboxylic acids is 3. The highest BCUT2D eigenvalue weighted by molar-refractivity contribution is 5.93. The Hall–Kier alpha value is -2.57. The summed E-state index contributed by atoms with van der Waals surface area (Å²) in [7, 11) is 0. The van der Waals surface area contributed by atoms with Crippen LogP contribution in [-0.2, 0) is 14.3 Å². The van der Waals surface area contributed by atoms with Crippen LogP contribution in [0.1, 0.15) is 110 Å². The van der Waals surface area contributed by atoms with Gasteiger partial charge >= 0.3 is 6.09 Å². The van der Waals surface area contributed by atoms with Crippen molar-refractivity contribution in [3.05, 3.63) is 34.9 Å². The standard InChI is InChI=1S/C30H49N3O4/c1-10-22(6)33(28(35)25(19(2)3)32-29(36)37-30(7,8)9)26(24-20(4)15-14-16-21(24)5)27(34)31-23-17-12-11-13-18-23/h14-16,19,22-23,25-26H,10-13,17-18H2,1-9H3,(H,31,34)(H,32,36). The van der Waals surface area contributed by atoms with Gasteiger partial charge in [0.05, 0.1) is 0 Å². The van der Waals surface area contributed by atoms with E-state index in [1.165, 1.54) is 6.42 Å². The van der Waals surface area contributed by atoms with Gasteiger partial charge in [-0.3, -0.25) is 9.59 Å². The first-order valence-electron chi connectivity index (χ1n) is 13.9. The number of hydrogen-bond acceptors (Lipinski definition) is 4. The zero-order valence-corrected chi connectivity index (χ0v) is 24.4. The summed E-state index contributed by atoms with van der Waals surface area (Å²) in [5.41, 5.74) is 2.09. The summed E-state index contributed by atoms with van der Waals surface area (Å²) >= 11 is 0. The molecule has 0 spiro atoms. The number of amides is 3. The normalized spacial score (nSPS) is 17.0. The zero-order valence-electron chi connectivity index (χ0n) is 24.4. The number of carbonyl (C=O) groups is 3. The molecule has 0 radical (unpaired) electrons. The second kappa shape index (κ2) is 13.3. The molecular weight excluding hydrogens is 466 g/mol. The third-order valence-electron chi connectivity index (χ3n) is 7.22. The molecule has 7 heteroatoms. The van der Waals surface area contributed by atoms with Gasteiger partial charge in [-0.1, -0.05) is 58.2 Å². The summed E-state index contributed by atoms with van der Waals surface area (Å²) in [6.07, 6.45) is 5.33. The van der Waals surface area contributed by atoms with Crippen molar-refractivity contribution in [1.82, 2.24) is 15.5 Å². The summed E-state index contributed by atoms with van der Waals surface area (Å²) in [5, 5.41) is 6.09. The highest BCUT2D eigenvalue weighted by atomic mass is 16.6. The third kappa shape index (κ3) is 8.47. The quantitative estimate of drug-likeness (QED) is 0.424. The van der Waals surface area contributed by atoms with Crippen LogP contribution in [0.2, 0.25) is 0 Å². The molecule has 1 aromatic rings. The Morgan fingerprint density at radius 1 is 1.03 bits per heavy atom.